The molecule has 88 valence electrons. The van der Waals surface area contributed by atoms with E-state index in [1.807, 2.05) is 6.07 Å². The molecule has 0 saturated heterocycles. The zero-order valence-electron chi connectivity index (χ0n) is 9.43. The first kappa shape index (κ1) is 14.7. The van der Waals surface area contributed by atoms with Crippen LogP contribution < -0.4 is 4.52 Å². The van der Waals surface area contributed by atoms with Crippen LogP contribution in [0, 0.1) is 11.3 Å². The van der Waals surface area contributed by atoms with Crippen LogP contribution in [0.4, 0.5) is 0 Å². The lowest BCUT2D eigenvalue weighted by Gasteiger charge is -1.99. The van der Waals surface area contributed by atoms with Crippen molar-refractivity contribution in [3.63, 3.8) is 0 Å². The van der Waals surface area contributed by atoms with E-state index in [9.17, 15) is 4.57 Å². The molecule has 0 amide bonds. The van der Waals surface area contributed by atoms with Crippen LogP contribution >= 0.6 is 8.25 Å². The summed E-state index contributed by atoms with van der Waals surface area (Å²) in [5.41, 5.74) is 0.486. The molecule has 1 rings (SSSR count). The van der Waals surface area contributed by atoms with E-state index in [1.54, 1.807) is 0 Å². The average molecular weight is 241 g/mol. The zero-order valence-corrected chi connectivity index (χ0v) is 10.4. The minimum atomic E-state index is -2.94. The molecule has 0 aromatic heterocycles. The fourth-order valence-electron chi connectivity index (χ4n) is 0.698. The van der Waals surface area contributed by atoms with Crippen LogP contribution in [0.25, 0.3) is 0 Å². The fraction of sp³-hybridized carbons (Fsp3) is 0.364. The largest absolute Gasteiger partial charge is 0.426 e. The van der Waals surface area contributed by atoms with Gasteiger partial charge in [0.25, 0.3) is 0 Å². The lowest BCUT2D eigenvalue weighted by molar-refractivity contribution is 0.410. The van der Waals surface area contributed by atoms with E-state index in [0.29, 0.717) is 11.3 Å². The van der Waals surface area contributed by atoms with Crippen molar-refractivity contribution in [3.8, 4) is 11.8 Å². The first-order chi connectivity index (χ1) is 7.63. The molecule has 0 heterocycles. The molecule has 0 aliphatic heterocycles. The quantitative estimate of drug-likeness (QED) is 0.825. The van der Waals surface area contributed by atoms with E-state index in [4.69, 9.17) is 10.2 Å². The van der Waals surface area contributed by atoms with Gasteiger partial charge in [0.2, 0.25) is 0 Å². The first-order valence-electron chi connectivity index (χ1n) is 5.05. The van der Waals surface area contributed by atoms with Crippen molar-refractivity contribution in [3.05, 3.63) is 29.8 Å². The highest BCUT2D eigenvalue weighted by Gasteiger charge is 1.96. The topological polar surface area (TPSA) is 70.3 Å². The lowest BCUT2D eigenvalue weighted by Crippen LogP contribution is -1.80. The van der Waals surface area contributed by atoms with Gasteiger partial charge < -0.3 is 9.42 Å². The van der Waals surface area contributed by atoms with E-state index in [2.05, 4.69) is 18.4 Å². The molecular weight excluding hydrogens is 225 g/mol. The highest BCUT2D eigenvalue weighted by molar-refractivity contribution is 7.32. The zero-order chi connectivity index (χ0) is 12.4. The highest BCUT2D eigenvalue weighted by atomic mass is 31.1. The van der Waals surface area contributed by atoms with Crippen LogP contribution in [0.15, 0.2) is 24.3 Å². The summed E-state index contributed by atoms with van der Waals surface area (Å²) >= 11 is 0. The van der Waals surface area contributed by atoms with Crippen LogP contribution in [0.3, 0.4) is 0 Å². The smallest absolute Gasteiger partial charge is 0.365 e. The van der Waals surface area contributed by atoms with E-state index in [0.717, 1.165) is 0 Å². The molecule has 1 aromatic rings. The summed E-state index contributed by atoms with van der Waals surface area (Å²) in [5.74, 6) is 0.292. The molecule has 1 atom stereocenters. The Morgan fingerprint density at radius 2 is 1.81 bits per heavy atom. The van der Waals surface area contributed by atoms with Gasteiger partial charge in [-0.25, -0.2) is 4.57 Å². The fourth-order valence-corrected chi connectivity index (χ4v) is 1.04. The van der Waals surface area contributed by atoms with Crippen molar-refractivity contribution in [2.75, 3.05) is 0 Å². The third-order valence-corrected chi connectivity index (χ3v) is 2.10. The summed E-state index contributed by atoms with van der Waals surface area (Å²) in [5, 5.41) is 8.41. The summed E-state index contributed by atoms with van der Waals surface area (Å²) in [6.45, 7) is 4.36. The van der Waals surface area contributed by atoms with Crippen LogP contribution in [0.2, 0.25) is 0 Å². The summed E-state index contributed by atoms with van der Waals surface area (Å²) in [4.78, 5) is 8.39. The summed E-state index contributed by atoms with van der Waals surface area (Å²) < 4.78 is 14.7. The maximum atomic E-state index is 10.2. The molecule has 0 fully saturated rings. The van der Waals surface area contributed by atoms with E-state index in [-0.39, 0.29) is 0 Å². The van der Waals surface area contributed by atoms with E-state index < -0.39 is 8.25 Å². The van der Waals surface area contributed by atoms with Crippen LogP contribution in [-0.2, 0) is 4.57 Å². The Bertz CT molecular complexity index is 354. The van der Waals surface area contributed by atoms with Crippen molar-refractivity contribution < 1.29 is 14.0 Å². The van der Waals surface area contributed by atoms with Gasteiger partial charge in [-0.2, -0.15) is 5.26 Å². The second kappa shape index (κ2) is 8.96. The maximum Gasteiger partial charge on any atom is 0.365 e. The van der Waals surface area contributed by atoms with Crippen molar-refractivity contribution in [1.29, 1.82) is 5.26 Å². The predicted octanol–water partition coefficient (Wildman–Crippen LogP) is 3.13. The van der Waals surface area contributed by atoms with Crippen LogP contribution in [0.5, 0.6) is 5.75 Å². The van der Waals surface area contributed by atoms with E-state index >= 15 is 0 Å². The number of nitrogens with zero attached hydrogens (tertiary/aromatic N) is 1. The minimum Gasteiger partial charge on any atom is -0.426 e. The number of rotatable bonds is 3. The number of unbranched alkanes of at least 4 members (excludes halogenated alkanes) is 1. The normalized spacial score (nSPS) is 10.6. The maximum absolute atomic E-state index is 10.2. The molecular formula is C11H16NO3P. The number of hydrogen-bond acceptors (Lipinski definition) is 3. The molecule has 0 aliphatic carbocycles. The molecule has 0 radical (unpaired) electrons. The SMILES string of the molecule is CCCC.N#Cc1ccc(O[PH](=O)O)cc1. The van der Waals surface area contributed by atoms with Gasteiger partial charge in [-0.15, -0.1) is 0 Å². The van der Waals surface area contributed by atoms with Crippen LogP contribution in [0.1, 0.15) is 32.3 Å². The summed E-state index contributed by atoms with van der Waals surface area (Å²) in [6.07, 6.45) is 2.64. The molecule has 1 unspecified atom stereocenters. The molecule has 5 heteroatoms. The molecule has 0 aliphatic rings. The van der Waals surface area contributed by atoms with Crippen molar-refractivity contribution >= 4 is 8.25 Å². The minimum absolute atomic E-state index is 0.292. The van der Waals surface area contributed by atoms with Gasteiger partial charge in [0.05, 0.1) is 11.6 Å². The Morgan fingerprint density at radius 1 is 1.31 bits per heavy atom. The van der Waals surface area contributed by atoms with E-state index in [1.165, 1.54) is 37.1 Å². The molecule has 4 nitrogen and oxygen atoms in total. The van der Waals surface area contributed by atoms with Gasteiger partial charge in [-0.3, -0.25) is 0 Å². The van der Waals surface area contributed by atoms with Gasteiger partial charge >= 0.3 is 8.25 Å². The van der Waals surface area contributed by atoms with Gasteiger partial charge in [-0.1, -0.05) is 26.7 Å². The Balaban J connectivity index is 0.000000487. The Morgan fingerprint density at radius 3 is 2.12 bits per heavy atom. The van der Waals surface area contributed by atoms with Crippen molar-refractivity contribution in [1.82, 2.24) is 0 Å². The Kier molecular flexibility index (Phi) is 8.24. The Labute approximate surface area is 96.4 Å². The molecule has 1 N–H and O–H groups in total. The van der Waals surface area contributed by atoms with Gasteiger partial charge in [0.15, 0.2) is 0 Å². The van der Waals surface area contributed by atoms with Crippen molar-refractivity contribution in [2.24, 2.45) is 0 Å². The van der Waals surface area contributed by atoms with Crippen LogP contribution in [-0.4, -0.2) is 4.89 Å². The third-order valence-electron chi connectivity index (χ3n) is 1.69. The second-order valence-corrected chi connectivity index (χ2v) is 3.74. The predicted molar refractivity (Wildman–Crippen MR) is 63.6 cm³/mol. The number of nitriles is 1. The molecule has 1 aromatic carbocycles. The number of benzene rings is 1. The average Bonchev–Trinajstić information content (AvgIpc) is 2.30. The standard InChI is InChI=1S/C7H6NO3P.C4H10/c8-5-6-1-3-7(4-2-6)11-12(9)10;1-3-4-2/h1-4,12H,(H,9,10);3-4H2,1-2H3. The highest BCUT2D eigenvalue weighted by Crippen LogP contribution is 2.22. The Hall–Kier alpha value is -1.30. The lowest BCUT2D eigenvalue weighted by atomic mass is 10.2. The molecule has 0 bridgehead atoms. The first-order valence-corrected chi connectivity index (χ1v) is 6.31. The number of hydrogen-bond donors (Lipinski definition) is 1. The van der Waals surface area contributed by atoms with Gasteiger partial charge in [0.1, 0.15) is 5.75 Å². The van der Waals surface area contributed by atoms with Gasteiger partial charge in [-0.05, 0) is 24.3 Å². The molecule has 16 heavy (non-hydrogen) atoms. The van der Waals surface area contributed by atoms with Crippen molar-refractivity contribution in [2.45, 2.75) is 26.7 Å². The van der Waals surface area contributed by atoms with Gasteiger partial charge in [0, 0.05) is 0 Å². The second-order valence-electron chi connectivity index (χ2n) is 3.00. The summed E-state index contributed by atoms with van der Waals surface area (Å²) in [6, 6.07) is 7.89. The summed E-state index contributed by atoms with van der Waals surface area (Å²) in [7, 11) is -2.94. The third kappa shape index (κ3) is 7.05. The molecule has 0 saturated carbocycles. The molecule has 0 spiro atoms. The monoisotopic (exact) mass is 241 g/mol.